The van der Waals surface area contributed by atoms with Crippen LogP contribution in [0.25, 0.3) is 0 Å². The minimum atomic E-state index is -0.328. The summed E-state index contributed by atoms with van der Waals surface area (Å²) in [6, 6.07) is 1.36. The van der Waals surface area contributed by atoms with Crippen molar-refractivity contribution in [2.45, 2.75) is 33.2 Å². The van der Waals surface area contributed by atoms with E-state index in [1.807, 2.05) is 30.7 Å². The molecule has 1 aromatic heterocycles. The van der Waals surface area contributed by atoms with Crippen molar-refractivity contribution < 1.29 is 9.59 Å². The zero-order valence-corrected chi connectivity index (χ0v) is 12.1. The number of allylic oxidation sites excluding steroid dienone is 1. The third-order valence-corrected chi connectivity index (χ3v) is 3.74. The molecule has 0 fully saturated rings. The second-order valence-electron chi connectivity index (χ2n) is 5.15. The normalized spacial score (nSPS) is 19.4. The number of carbonyl (C=O) groups excluding carboxylic acids is 2. The van der Waals surface area contributed by atoms with E-state index in [2.05, 4.69) is 10.6 Å². The molecule has 0 spiro atoms. The van der Waals surface area contributed by atoms with Crippen molar-refractivity contribution in [2.24, 2.45) is 5.92 Å². The summed E-state index contributed by atoms with van der Waals surface area (Å²) in [5.41, 5.74) is 2.30. The maximum absolute atomic E-state index is 12.4. The lowest BCUT2D eigenvalue weighted by Gasteiger charge is -2.28. The first-order valence-corrected chi connectivity index (χ1v) is 7.27. The highest BCUT2D eigenvalue weighted by Gasteiger charge is 2.31. The van der Waals surface area contributed by atoms with Crippen LogP contribution in [0.5, 0.6) is 0 Å². The van der Waals surface area contributed by atoms with E-state index in [9.17, 15) is 9.59 Å². The molecular weight excluding hydrogens is 260 g/mol. The Morgan fingerprint density at radius 3 is 2.79 bits per heavy atom. The van der Waals surface area contributed by atoms with Gasteiger partial charge in [0.1, 0.15) is 0 Å². The van der Waals surface area contributed by atoms with Crippen molar-refractivity contribution in [3.05, 3.63) is 33.7 Å². The van der Waals surface area contributed by atoms with Crippen LogP contribution in [0.1, 0.15) is 38.8 Å². The van der Waals surface area contributed by atoms with Crippen LogP contribution in [0.2, 0.25) is 0 Å². The average molecular weight is 278 g/mol. The molecule has 0 saturated carbocycles. The Morgan fingerprint density at radius 1 is 1.47 bits per heavy atom. The van der Waals surface area contributed by atoms with Gasteiger partial charge in [0, 0.05) is 17.7 Å². The number of urea groups is 1. The van der Waals surface area contributed by atoms with E-state index in [1.165, 1.54) is 0 Å². The van der Waals surface area contributed by atoms with E-state index < -0.39 is 0 Å². The SMILES string of the molecule is CC1=C(C(=O)CC(C)C)C(c2ccsc2)NC(=O)N1. The van der Waals surface area contributed by atoms with E-state index in [1.54, 1.807) is 18.3 Å². The summed E-state index contributed by atoms with van der Waals surface area (Å²) in [5.74, 6) is 0.393. The quantitative estimate of drug-likeness (QED) is 0.889. The van der Waals surface area contributed by atoms with Crippen molar-refractivity contribution >= 4 is 23.2 Å². The number of carbonyl (C=O) groups is 2. The largest absolute Gasteiger partial charge is 0.327 e. The van der Waals surface area contributed by atoms with Crippen LogP contribution in [-0.4, -0.2) is 11.8 Å². The molecule has 0 bridgehead atoms. The number of amides is 2. The van der Waals surface area contributed by atoms with Gasteiger partial charge in [-0.3, -0.25) is 4.79 Å². The predicted octanol–water partition coefficient (Wildman–Crippen LogP) is 2.99. The Morgan fingerprint density at radius 2 is 2.21 bits per heavy atom. The zero-order chi connectivity index (χ0) is 14.0. The van der Waals surface area contributed by atoms with Crippen molar-refractivity contribution in [3.63, 3.8) is 0 Å². The maximum Gasteiger partial charge on any atom is 0.319 e. The van der Waals surface area contributed by atoms with Gasteiger partial charge in [-0.2, -0.15) is 11.3 Å². The number of ketones is 1. The average Bonchev–Trinajstić information content (AvgIpc) is 2.79. The van der Waals surface area contributed by atoms with Gasteiger partial charge < -0.3 is 10.6 Å². The molecule has 2 N–H and O–H groups in total. The topological polar surface area (TPSA) is 58.2 Å². The van der Waals surface area contributed by atoms with E-state index in [0.717, 1.165) is 5.56 Å². The van der Waals surface area contributed by atoms with E-state index in [0.29, 0.717) is 23.6 Å². The monoisotopic (exact) mass is 278 g/mol. The molecule has 102 valence electrons. The molecule has 1 unspecified atom stereocenters. The lowest BCUT2D eigenvalue weighted by Crippen LogP contribution is -2.45. The van der Waals surface area contributed by atoms with Crippen molar-refractivity contribution in [1.29, 1.82) is 0 Å². The number of rotatable bonds is 4. The van der Waals surface area contributed by atoms with Crippen molar-refractivity contribution in [1.82, 2.24) is 10.6 Å². The Labute approximate surface area is 116 Å². The number of thiophene rings is 1. The van der Waals surface area contributed by atoms with Crippen LogP contribution >= 0.6 is 11.3 Å². The Bertz CT molecular complexity index is 518. The van der Waals surface area contributed by atoms with Gasteiger partial charge in [0.25, 0.3) is 0 Å². The summed E-state index contributed by atoms with van der Waals surface area (Å²) < 4.78 is 0. The predicted molar refractivity (Wildman–Crippen MR) is 75.9 cm³/mol. The van der Waals surface area contributed by atoms with Gasteiger partial charge in [0.2, 0.25) is 0 Å². The Kier molecular flexibility index (Phi) is 4.04. The number of hydrogen-bond acceptors (Lipinski definition) is 3. The molecule has 1 aromatic rings. The number of hydrogen-bond donors (Lipinski definition) is 2. The summed E-state index contributed by atoms with van der Waals surface area (Å²) >= 11 is 1.56. The van der Waals surface area contributed by atoms with Crippen LogP contribution in [0.15, 0.2) is 28.1 Å². The first-order valence-electron chi connectivity index (χ1n) is 6.32. The molecule has 0 radical (unpaired) electrons. The van der Waals surface area contributed by atoms with Gasteiger partial charge in [-0.05, 0) is 35.2 Å². The summed E-state index contributed by atoms with van der Waals surface area (Å²) in [7, 11) is 0. The molecular formula is C14H18N2O2S. The van der Waals surface area contributed by atoms with Crippen LogP contribution in [0, 0.1) is 5.92 Å². The minimum Gasteiger partial charge on any atom is -0.327 e. The highest BCUT2D eigenvalue weighted by atomic mass is 32.1. The molecule has 2 heterocycles. The van der Waals surface area contributed by atoms with Gasteiger partial charge >= 0.3 is 6.03 Å². The van der Waals surface area contributed by atoms with Crippen LogP contribution in [0.3, 0.4) is 0 Å². The molecule has 0 aliphatic carbocycles. The highest BCUT2D eigenvalue weighted by molar-refractivity contribution is 7.08. The second-order valence-corrected chi connectivity index (χ2v) is 5.93. The first kappa shape index (κ1) is 13.8. The molecule has 0 saturated heterocycles. The van der Waals surface area contributed by atoms with Gasteiger partial charge in [-0.1, -0.05) is 13.8 Å². The summed E-state index contributed by atoms with van der Waals surface area (Å²) in [6.07, 6.45) is 0.491. The zero-order valence-electron chi connectivity index (χ0n) is 11.3. The van der Waals surface area contributed by atoms with Gasteiger partial charge in [0.05, 0.1) is 6.04 Å². The van der Waals surface area contributed by atoms with E-state index in [-0.39, 0.29) is 17.9 Å². The molecule has 4 nitrogen and oxygen atoms in total. The Balaban J connectivity index is 2.36. The second kappa shape index (κ2) is 5.57. The number of nitrogens with one attached hydrogen (secondary N) is 2. The first-order chi connectivity index (χ1) is 8.99. The fourth-order valence-electron chi connectivity index (χ4n) is 2.23. The van der Waals surface area contributed by atoms with E-state index in [4.69, 9.17) is 0 Å². The van der Waals surface area contributed by atoms with Crippen LogP contribution < -0.4 is 10.6 Å². The summed E-state index contributed by atoms with van der Waals surface area (Å²) in [4.78, 5) is 24.0. The maximum atomic E-state index is 12.4. The molecule has 0 aromatic carbocycles. The van der Waals surface area contributed by atoms with Gasteiger partial charge in [0.15, 0.2) is 5.78 Å². The third kappa shape index (κ3) is 3.04. The fourth-order valence-corrected chi connectivity index (χ4v) is 2.92. The molecule has 2 amide bonds. The molecule has 1 aliphatic rings. The molecule has 5 heteroatoms. The molecule has 1 atom stereocenters. The molecule has 2 rings (SSSR count). The molecule has 1 aliphatic heterocycles. The van der Waals surface area contributed by atoms with Crippen LogP contribution in [-0.2, 0) is 4.79 Å². The fraction of sp³-hybridized carbons (Fsp3) is 0.429. The van der Waals surface area contributed by atoms with Crippen molar-refractivity contribution in [2.75, 3.05) is 0 Å². The lowest BCUT2D eigenvalue weighted by atomic mass is 9.90. The summed E-state index contributed by atoms with van der Waals surface area (Å²) in [5, 5.41) is 9.43. The Hall–Kier alpha value is -1.62. The van der Waals surface area contributed by atoms with Crippen molar-refractivity contribution in [3.8, 4) is 0 Å². The standard InChI is InChI=1S/C14H18N2O2S/c1-8(2)6-11(17)12-9(3)15-14(18)16-13(12)10-4-5-19-7-10/h4-5,7-8,13H,6H2,1-3H3,(H2,15,16,18). The minimum absolute atomic E-state index is 0.0937. The third-order valence-electron chi connectivity index (χ3n) is 3.04. The number of Topliss-reactive ketones (excluding diaryl/α,β-unsaturated/α-hetero) is 1. The smallest absolute Gasteiger partial charge is 0.319 e. The van der Waals surface area contributed by atoms with Crippen LogP contribution in [0.4, 0.5) is 4.79 Å². The van der Waals surface area contributed by atoms with Gasteiger partial charge in [-0.25, -0.2) is 4.79 Å². The summed E-state index contributed by atoms with van der Waals surface area (Å²) in [6.45, 7) is 5.82. The highest BCUT2D eigenvalue weighted by Crippen LogP contribution is 2.29. The van der Waals surface area contributed by atoms with E-state index >= 15 is 0 Å². The molecule has 19 heavy (non-hydrogen) atoms. The lowest BCUT2D eigenvalue weighted by molar-refractivity contribution is -0.116. The van der Waals surface area contributed by atoms with Gasteiger partial charge in [-0.15, -0.1) is 0 Å².